The van der Waals surface area contributed by atoms with E-state index in [-0.39, 0.29) is 0 Å². The highest BCUT2D eigenvalue weighted by atomic mass is 16.5. The lowest BCUT2D eigenvalue weighted by atomic mass is 10.2. The van der Waals surface area contributed by atoms with Gasteiger partial charge in [0.25, 0.3) is 0 Å². The first kappa shape index (κ1) is 14.5. The van der Waals surface area contributed by atoms with Crippen LogP contribution in [0.15, 0.2) is 0 Å². The molecule has 0 radical (unpaired) electrons. The number of rotatable bonds is 5. The lowest BCUT2D eigenvalue weighted by molar-refractivity contribution is -0.0674. The number of aromatic amines is 1. The van der Waals surface area contributed by atoms with E-state index >= 15 is 0 Å². The van der Waals surface area contributed by atoms with Gasteiger partial charge in [-0.05, 0) is 27.7 Å². The summed E-state index contributed by atoms with van der Waals surface area (Å²) in [5, 5.41) is 10.7. The first-order valence-electron chi connectivity index (χ1n) is 7.15. The van der Waals surface area contributed by atoms with Gasteiger partial charge in [-0.25, -0.2) is 0 Å². The summed E-state index contributed by atoms with van der Waals surface area (Å²) in [6, 6.07) is 0. The number of aryl methyl sites for hydroxylation is 2. The second-order valence-corrected chi connectivity index (χ2v) is 5.61. The van der Waals surface area contributed by atoms with Crippen LogP contribution in [0, 0.1) is 13.8 Å². The van der Waals surface area contributed by atoms with Crippen molar-refractivity contribution in [3.05, 3.63) is 17.0 Å². The number of nitrogens with zero attached hydrogens (tertiary/aromatic N) is 2. The summed E-state index contributed by atoms with van der Waals surface area (Å²) in [7, 11) is 0. The molecule has 2 N–H and O–H groups in total. The van der Waals surface area contributed by atoms with Crippen molar-refractivity contribution in [1.29, 1.82) is 0 Å². The molecule has 1 aromatic rings. The number of hydrogen-bond donors (Lipinski definition) is 2. The average Bonchev–Trinajstić information content (AvgIpc) is 2.64. The zero-order valence-electron chi connectivity index (χ0n) is 12.5. The lowest BCUT2D eigenvalue weighted by Crippen LogP contribution is -2.47. The van der Waals surface area contributed by atoms with E-state index in [9.17, 15) is 0 Å². The molecule has 0 unspecified atom stereocenters. The Morgan fingerprint density at radius 1 is 1.32 bits per heavy atom. The third-order valence-corrected chi connectivity index (χ3v) is 3.68. The standard InChI is InChI=1S/C14H26N4O/c1-10-8-18(9-11(2)19-10)6-5-15-7-14-12(3)16-17-13(14)4/h10-11,15H,5-9H2,1-4H3,(H,16,17)/t10-,11+. The predicted octanol–water partition coefficient (Wildman–Crippen LogP) is 1.23. The van der Waals surface area contributed by atoms with Gasteiger partial charge in [0, 0.05) is 44.0 Å². The number of nitrogens with one attached hydrogen (secondary N) is 2. The quantitative estimate of drug-likeness (QED) is 0.787. The van der Waals surface area contributed by atoms with E-state index < -0.39 is 0 Å². The second kappa shape index (κ2) is 6.50. The van der Waals surface area contributed by atoms with Crippen molar-refractivity contribution in [2.24, 2.45) is 0 Å². The molecule has 5 heteroatoms. The fraction of sp³-hybridized carbons (Fsp3) is 0.786. The molecule has 0 amide bonds. The molecule has 0 aromatic carbocycles. The minimum atomic E-state index is 0.349. The Morgan fingerprint density at radius 2 is 2.00 bits per heavy atom. The van der Waals surface area contributed by atoms with E-state index in [0.717, 1.165) is 38.4 Å². The van der Waals surface area contributed by atoms with Gasteiger partial charge in [-0.1, -0.05) is 0 Å². The van der Waals surface area contributed by atoms with Gasteiger partial charge in [0.2, 0.25) is 0 Å². The summed E-state index contributed by atoms with van der Waals surface area (Å²) in [5.74, 6) is 0. The fourth-order valence-corrected chi connectivity index (χ4v) is 2.75. The Morgan fingerprint density at radius 3 is 2.58 bits per heavy atom. The molecule has 0 aliphatic carbocycles. The molecule has 19 heavy (non-hydrogen) atoms. The van der Waals surface area contributed by atoms with Gasteiger partial charge in [0.15, 0.2) is 0 Å². The predicted molar refractivity (Wildman–Crippen MR) is 76.2 cm³/mol. The van der Waals surface area contributed by atoms with Gasteiger partial charge >= 0.3 is 0 Å². The van der Waals surface area contributed by atoms with Crippen molar-refractivity contribution in [1.82, 2.24) is 20.4 Å². The Bertz CT molecular complexity index is 375. The van der Waals surface area contributed by atoms with Crippen LogP contribution in [-0.2, 0) is 11.3 Å². The van der Waals surface area contributed by atoms with Gasteiger partial charge in [0.05, 0.1) is 17.9 Å². The largest absolute Gasteiger partial charge is 0.373 e. The fourth-order valence-electron chi connectivity index (χ4n) is 2.75. The van der Waals surface area contributed by atoms with E-state index in [0.29, 0.717) is 12.2 Å². The van der Waals surface area contributed by atoms with Gasteiger partial charge in [-0.2, -0.15) is 5.10 Å². The Kier molecular flexibility index (Phi) is 4.96. The Hall–Kier alpha value is -0.910. The molecule has 5 nitrogen and oxygen atoms in total. The SMILES string of the molecule is Cc1n[nH]c(C)c1CNCCN1C[C@@H](C)O[C@@H](C)C1. The van der Waals surface area contributed by atoms with E-state index in [1.807, 2.05) is 6.92 Å². The molecule has 1 aliphatic rings. The molecule has 1 aromatic heterocycles. The maximum Gasteiger partial charge on any atom is 0.0678 e. The minimum absolute atomic E-state index is 0.349. The summed E-state index contributed by atoms with van der Waals surface area (Å²) < 4.78 is 5.74. The summed E-state index contributed by atoms with van der Waals surface area (Å²) in [6.45, 7) is 13.5. The summed E-state index contributed by atoms with van der Waals surface area (Å²) in [6.07, 6.45) is 0.698. The van der Waals surface area contributed by atoms with Gasteiger partial charge in [0.1, 0.15) is 0 Å². The molecule has 1 aliphatic heterocycles. The van der Waals surface area contributed by atoms with E-state index in [4.69, 9.17) is 4.74 Å². The summed E-state index contributed by atoms with van der Waals surface area (Å²) in [5.41, 5.74) is 3.56. The zero-order valence-corrected chi connectivity index (χ0v) is 12.5. The van der Waals surface area contributed by atoms with Gasteiger partial charge < -0.3 is 10.1 Å². The molecule has 1 fully saturated rings. The van der Waals surface area contributed by atoms with Crippen LogP contribution in [0.1, 0.15) is 30.8 Å². The van der Waals surface area contributed by atoms with Crippen molar-refractivity contribution in [3.63, 3.8) is 0 Å². The number of H-pyrrole nitrogens is 1. The van der Waals surface area contributed by atoms with Crippen LogP contribution in [0.2, 0.25) is 0 Å². The maximum atomic E-state index is 5.74. The zero-order chi connectivity index (χ0) is 13.8. The molecular weight excluding hydrogens is 240 g/mol. The molecule has 2 rings (SSSR count). The minimum Gasteiger partial charge on any atom is -0.373 e. The van der Waals surface area contributed by atoms with Crippen molar-refractivity contribution < 1.29 is 4.74 Å². The lowest BCUT2D eigenvalue weighted by Gasteiger charge is -2.35. The number of morpholine rings is 1. The van der Waals surface area contributed by atoms with Crippen LogP contribution >= 0.6 is 0 Å². The molecule has 2 heterocycles. The van der Waals surface area contributed by atoms with Crippen molar-refractivity contribution in [2.45, 2.75) is 46.4 Å². The van der Waals surface area contributed by atoms with Crippen LogP contribution in [0.5, 0.6) is 0 Å². The van der Waals surface area contributed by atoms with E-state index in [1.54, 1.807) is 0 Å². The highest BCUT2D eigenvalue weighted by Gasteiger charge is 2.21. The van der Waals surface area contributed by atoms with E-state index in [2.05, 4.69) is 41.2 Å². The molecular formula is C14H26N4O. The normalized spacial score (nSPS) is 24.8. The third-order valence-electron chi connectivity index (χ3n) is 3.68. The van der Waals surface area contributed by atoms with Gasteiger partial charge in [-0.15, -0.1) is 0 Å². The first-order valence-corrected chi connectivity index (χ1v) is 7.15. The van der Waals surface area contributed by atoms with E-state index in [1.165, 1.54) is 11.3 Å². The van der Waals surface area contributed by atoms with Gasteiger partial charge in [-0.3, -0.25) is 10.00 Å². The topological polar surface area (TPSA) is 53.2 Å². The third kappa shape index (κ3) is 4.03. The van der Waals surface area contributed by atoms with Crippen molar-refractivity contribution in [3.8, 4) is 0 Å². The van der Waals surface area contributed by atoms with Crippen LogP contribution in [0.4, 0.5) is 0 Å². The van der Waals surface area contributed by atoms with Crippen LogP contribution in [-0.4, -0.2) is 53.5 Å². The molecule has 2 atom stereocenters. The molecule has 108 valence electrons. The smallest absolute Gasteiger partial charge is 0.0678 e. The molecule has 0 spiro atoms. The molecule has 0 bridgehead atoms. The Labute approximate surface area is 115 Å². The number of hydrogen-bond acceptors (Lipinski definition) is 4. The van der Waals surface area contributed by atoms with Crippen molar-refractivity contribution in [2.75, 3.05) is 26.2 Å². The number of ether oxygens (including phenoxy) is 1. The second-order valence-electron chi connectivity index (χ2n) is 5.61. The maximum absolute atomic E-state index is 5.74. The Balaban J connectivity index is 1.69. The van der Waals surface area contributed by atoms with Crippen LogP contribution in [0.25, 0.3) is 0 Å². The number of aromatic nitrogens is 2. The monoisotopic (exact) mass is 266 g/mol. The van der Waals surface area contributed by atoms with Crippen LogP contribution < -0.4 is 5.32 Å². The summed E-state index contributed by atoms with van der Waals surface area (Å²) >= 11 is 0. The highest BCUT2D eigenvalue weighted by molar-refractivity contribution is 5.22. The van der Waals surface area contributed by atoms with Crippen molar-refractivity contribution >= 4 is 0 Å². The first-order chi connectivity index (χ1) is 9.06. The average molecular weight is 266 g/mol. The highest BCUT2D eigenvalue weighted by Crippen LogP contribution is 2.10. The van der Waals surface area contributed by atoms with Crippen LogP contribution in [0.3, 0.4) is 0 Å². The summed E-state index contributed by atoms with van der Waals surface area (Å²) in [4.78, 5) is 2.47. The molecule has 0 saturated carbocycles. The molecule has 1 saturated heterocycles.